The van der Waals surface area contributed by atoms with Crippen molar-refractivity contribution in [3.63, 3.8) is 0 Å². The van der Waals surface area contributed by atoms with E-state index in [1.165, 1.54) is 14.2 Å². The molecule has 4 rings (SSSR count). The van der Waals surface area contributed by atoms with Gasteiger partial charge in [-0.05, 0) is 59.8 Å². The summed E-state index contributed by atoms with van der Waals surface area (Å²) in [7, 11) is 2.36. The van der Waals surface area contributed by atoms with Crippen LogP contribution in [-0.4, -0.2) is 92.3 Å². The summed E-state index contributed by atoms with van der Waals surface area (Å²) in [5.74, 6) is -5.12. The highest BCUT2D eigenvalue weighted by Crippen LogP contribution is 2.81. The molecule has 0 radical (unpaired) electrons. The van der Waals surface area contributed by atoms with Gasteiger partial charge < -0.3 is 45.0 Å². The molecule has 4 aliphatic rings. The third-order valence-corrected chi connectivity index (χ3v) is 7.99. The van der Waals surface area contributed by atoms with Crippen LogP contribution in [0.25, 0.3) is 0 Å². The van der Waals surface area contributed by atoms with Gasteiger partial charge in [0.1, 0.15) is 11.2 Å². The van der Waals surface area contributed by atoms with Gasteiger partial charge in [0, 0.05) is 36.1 Å². The Hall–Kier alpha value is -3.88. The number of ether oxygens (including phenoxy) is 5. The molecule has 3 aliphatic carbocycles. The molecule has 43 heavy (non-hydrogen) atoms. The lowest BCUT2D eigenvalue weighted by Gasteiger charge is -2.46. The second kappa shape index (κ2) is 11.0. The van der Waals surface area contributed by atoms with Crippen molar-refractivity contribution in [2.45, 2.75) is 70.4 Å². The smallest absolute Gasteiger partial charge is 0.409 e. The van der Waals surface area contributed by atoms with Gasteiger partial charge in [0.2, 0.25) is 23.0 Å². The van der Waals surface area contributed by atoms with Crippen LogP contribution in [0, 0.1) is 23.7 Å². The Balaban J connectivity index is 1.54. The summed E-state index contributed by atoms with van der Waals surface area (Å²) >= 11 is 0. The maximum Gasteiger partial charge on any atom is 0.409 e. The molecular weight excluding hydrogens is 568 g/mol. The number of nitrogens with one attached hydrogen (secondary N) is 4. The van der Waals surface area contributed by atoms with Crippen LogP contribution in [0.4, 0.5) is 9.59 Å². The van der Waals surface area contributed by atoms with Crippen molar-refractivity contribution in [1.29, 1.82) is 0 Å². The molecule has 238 valence electrons. The molecule has 2 saturated carbocycles. The lowest BCUT2D eigenvalue weighted by molar-refractivity contribution is -0.163. The number of hydrogen-bond acceptors (Lipinski definition) is 11. The molecule has 15 nitrogen and oxygen atoms in total. The number of amides is 4. The van der Waals surface area contributed by atoms with E-state index >= 15 is 0 Å². The van der Waals surface area contributed by atoms with E-state index in [-0.39, 0.29) is 30.9 Å². The summed E-state index contributed by atoms with van der Waals surface area (Å²) in [5, 5.41) is 10.3. The lowest BCUT2D eigenvalue weighted by Crippen LogP contribution is -2.66. The van der Waals surface area contributed by atoms with Gasteiger partial charge in [-0.15, -0.1) is 0 Å². The summed E-state index contributed by atoms with van der Waals surface area (Å²) in [6.45, 7) is 10.0. The second-order valence-corrected chi connectivity index (χ2v) is 12.9. The van der Waals surface area contributed by atoms with Gasteiger partial charge in [0.15, 0.2) is 0 Å². The Labute approximate surface area is 249 Å². The predicted molar refractivity (Wildman–Crippen MR) is 146 cm³/mol. The van der Waals surface area contributed by atoms with E-state index in [0.29, 0.717) is 6.42 Å². The van der Waals surface area contributed by atoms with E-state index in [4.69, 9.17) is 23.7 Å². The molecule has 4 amide bonds. The van der Waals surface area contributed by atoms with Crippen LogP contribution in [-0.2, 0) is 42.9 Å². The zero-order valence-electron chi connectivity index (χ0n) is 25.6. The number of alkyl carbamates (subject to hydrolysis) is 2. The molecule has 2 bridgehead atoms. The summed E-state index contributed by atoms with van der Waals surface area (Å²) in [5.41, 5.74) is -4.38. The first-order valence-corrected chi connectivity index (χ1v) is 14.1. The SMILES string of the molecule is COC(=O)[C@]12O[C@@]1(C(=O)OC)[C@H]1[C@@H]2[C@H]2C[C@@H]1C(C(=O)NCNC(=O)OC(C)(C)C)=C2C(=O)NCCNC(=O)OC(C)(C)C. The van der Waals surface area contributed by atoms with Gasteiger partial charge in [-0.3, -0.25) is 9.59 Å². The minimum Gasteiger partial charge on any atom is -0.467 e. The first-order valence-electron chi connectivity index (χ1n) is 14.1. The molecule has 1 saturated heterocycles. The molecule has 4 N–H and O–H groups in total. The number of carbonyl (C=O) groups is 6. The number of carbonyl (C=O) groups excluding carboxylic acids is 6. The van der Waals surface area contributed by atoms with Gasteiger partial charge in [-0.2, -0.15) is 0 Å². The lowest BCUT2D eigenvalue weighted by atomic mass is 9.51. The van der Waals surface area contributed by atoms with Crippen LogP contribution >= 0.6 is 0 Å². The molecule has 0 unspecified atom stereocenters. The number of methoxy groups -OCH3 is 2. The Morgan fingerprint density at radius 1 is 0.698 bits per heavy atom. The first kappa shape index (κ1) is 32.0. The van der Waals surface area contributed by atoms with Crippen LogP contribution < -0.4 is 21.3 Å². The van der Waals surface area contributed by atoms with E-state index in [2.05, 4.69) is 21.3 Å². The van der Waals surface area contributed by atoms with E-state index in [9.17, 15) is 28.8 Å². The number of rotatable bonds is 9. The molecule has 6 atom stereocenters. The number of esters is 2. The number of epoxide rings is 1. The third kappa shape index (κ3) is 5.38. The molecule has 15 heteroatoms. The topological polar surface area (TPSA) is 200 Å². The second-order valence-electron chi connectivity index (χ2n) is 12.9. The molecule has 0 spiro atoms. The van der Waals surface area contributed by atoms with Crippen LogP contribution in [0.2, 0.25) is 0 Å². The average molecular weight is 609 g/mol. The maximum atomic E-state index is 13.5. The first-order chi connectivity index (χ1) is 19.9. The van der Waals surface area contributed by atoms with Crippen LogP contribution in [0.5, 0.6) is 0 Å². The zero-order chi connectivity index (χ0) is 32.1. The minimum absolute atomic E-state index is 0.0207. The van der Waals surface area contributed by atoms with Crippen molar-refractivity contribution in [3.8, 4) is 0 Å². The molecule has 1 aliphatic heterocycles. The number of hydrogen-bond donors (Lipinski definition) is 4. The van der Waals surface area contributed by atoms with Gasteiger partial charge in [0.25, 0.3) is 0 Å². The molecular formula is C28H40N4O11. The quantitative estimate of drug-likeness (QED) is 0.0921. The predicted octanol–water partition coefficient (Wildman–Crippen LogP) is 0.272. The summed E-state index contributed by atoms with van der Waals surface area (Å²) < 4.78 is 26.2. The summed E-state index contributed by atoms with van der Waals surface area (Å²) in [4.78, 5) is 76.9. The van der Waals surface area contributed by atoms with E-state index < -0.39 is 82.0 Å². The van der Waals surface area contributed by atoms with Crippen molar-refractivity contribution in [2.75, 3.05) is 34.0 Å². The van der Waals surface area contributed by atoms with Crippen molar-refractivity contribution < 1.29 is 52.5 Å². The van der Waals surface area contributed by atoms with Gasteiger partial charge in [-0.25, -0.2) is 19.2 Å². The van der Waals surface area contributed by atoms with E-state index in [1.54, 1.807) is 41.5 Å². The summed E-state index contributed by atoms with van der Waals surface area (Å²) in [6, 6.07) is 0. The monoisotopic (exact) mass is 608 g/mol. The highest BCUT2D eigenvalue weighted by atomic mass is 16.7. The molecule has 3 fully saturated rings. The Morgan fingerprint density at radius 2 is 1.12 bits per heavy atom. The fraction of sp³-hybridized carbons (Fsp3) is 0.714. The van der Waals surface area contributed by atoms with Crippen molar-refractivity contribution in [3.05, 3.63) is 11.1 Å². The molecule has 0 aromatic heterocycles. The Bertz CT molecular complexity index is 1270. The van der Waals surface area contributed by atoms with Crippen molar-refractivity contribution in [1.82, 2.24) is 21.3 Å². The zero-order valence-corrected chi connectivity index (χ0v) is 25.6. The number of fused-ring (bicyclic) bond motifs is 8. The fourth-order valence-corrected chi connectivity index (χ4v) is 6.80. The van der Waals surface area contributed by atoms with Crippen molar-refractivity contribution >= 4 is 35.9 Å². The maximum absolute atomic E-state index is 13.5. The van der Waals surface area contributed by atoms with Gasteiger partial charge in [-0.1, -0.05) is 0 Å². The minimum atomic E-state index is -1.61. The normalized spacial score (nSPS) is 29.7. The largest absolute Gasteiger partial charge is 0.467 e. The van der Waals surface area contributed by atoms with Crippen LogP contribution in [0.3, 0.4) is 0 Å². The van der Waals surface area contributed by atoms with Gasteiger partial charge >= 0.3 is 24.1 Å². The Kier molecular flexibility index (Phi) is 8.19. The highest BCUT2D eigenvalue weighted by molar-refractivity contribution is 6.09. The third-order valence-electron chi connectivity index (χ3n) is 7.99. The highest BCUT2D eigenvalue weighted by Gasteiger charge is 2.99. The standard InChI is InChI=1S/C28H40N4O11/c1-25(2,3)41-23(37)30-10-9-29-19(33)15-13-11-14(16(15)20(34)31-12-32-24(38)42-26(4,5)6)18-17(13)27(21(35)39-7)28(18,43-27)22(36)40-8/h13-14,17-18H,9-12H2,1-8H3,(H,29,33)(H,30,37)(H,31,34)(H,32,38)/t13-,14+,17-,18+,27-,28+/m0/s1. The van der Waals surface area contributed by atoms with Crippen LogP contribution in [0.1, 0.15) is 48.0 Å². The van der Waals surface area contributed by atoms with Crippen LogP contribution in [0.15, 0.2) is 11.1 Å². The molecule has 0 aromatic rings. The van der Waals surface area contributed by atoms with Gasteiger partial charge in [0.05, 0.1) is 20.9 Å². The fourth-order valence-electron chi connectivity index (χ4n) is 6.80. The average Bonchev–Trinajstić information content (AvgIpc) is 3.13. The van der Waals surface area contributed by atoms with E-state index in [1.807, 2.05) is 0 Å². The molecule has 0 aromatic carbocycles. The Morgan fingerprint density at radius 3 is 1.56 bits per heavy atom. The van der Waals surface area contributed by atoms with E-state index in [0.717, 1.165) is 0 Å². The molecule has 1 heterocycles. The summed E-state index contributed by atoms with van der Waals surface area (Å²) in [6.07, 6.45) is -1.08. The van der Waals surface area contributed by atoms with Crippen molar-refractivity contribution in [2.24, 2.45) is 23.7 Å².